The van der Waals surface area contributed by atoms with Crippen LogP contribution in [0.5, 0.6) is 5.75 Å². The number of amides is 6. The van der Waals surface area contributed by atoms with E-state index in [2.05, 4.69) is 47.2 Å². The lowest BCUT2D eigenvalue weighted by molar-refractivity contribution is -0.260. The minimum absolute atomic E-state index is 0.123. The van der Waals surface area contributed by atoms with E-state index < -0.39 is 159 Å². The van der Waals surface area contributed by atoms with Gasteiger partial charge in [-0.3, -0.25) is 33.8 Å². The van der Waals surface area contributed by atoms with E-state index in [9.17, 15) is 69.6 Å². The van der Waals surface area contributed by atoms with Crippen molar-refractivity contribution < 1.29 is 74.4 Å². The Labute approximate surface area is 393 Å². The van der Waals surface area contributed by atoms with Gasteiger partial charge in [0.25, 0.3) is 0 Å². The zero-order valence-corrected chi connectivity index (χ0v) is 37.0. The zero-order chi connectivity index (χ0) is 50.3. The molecule has 0 aliphatic carbocycles. The number of nitrogens with two attached hydrogens (primary N) is 2. The van der Waals surface area contributed by atoms with E-state index >= 15 is 0 Å². The van der Waals surface area contributed by atoms with Crippen LogP contribution in [0.15, 0.2) is 64.6 Å². The van der Waals surface area contributed by atoms with Gasteiger partial charge in [0.05, 0.1) is 38.4 Å². The first-order chi connectivity index (χ1) is 32.8. The number of aromatic hydroxyl groups is 1. The number of aliphatic imine (C=N–C) groups is 2. The van der Waals surface area contributed by atoms with Gasteiger partial charge in [0.1, 0.15) is 72.6 Å². The molecule has 6 amide bonds. The third-order valence-electron chi connectivity index (χ3n) is 12.3. The fraction of sp³-hybridized carbons (Fsp3) is 0.524. The Balaban J connectivity index is 1.41. The van der Waals surface area contributed by atoms with E-state index in [0.717, 1.165) is 4.90 Å². The molecule has 2 aromatic rings. The summed E-state index contributed by atoms with van der Waals surface area (Å²) >= 11 is 0. The van der Waals surface area contributed by atoms with Crippen molar-refractivity contribution >= 4 is 47.4 Å². The van der Waals surface area contributed by atoms with Crippen molar-refractivity contribution in [2.24, 2.45) is 21.5 Å². The first-order valence-corrected chi connectivity index (χ1v) is 21.9. The largest absolute Gasteiger partial charge is 0.508 e. The van der Waals surface area contributed by atoms with E-state index in [4.69, 9.17) is 16.2 Å². The van der Waals surface area contributed by atoms with Crippen LogP contribution in [0.1, 0.15) is 24.0 Å². The van der Waals surface area contributed by atoms with Gasteiger partial charge in [0, 0.05) is 18.9 Å². The Bertz CT molecular complexity index is 2240. The third kappa shape index (κ3) is 11.9. The molecule has 376 valence electrons. The average molecular weight is 971 g/mol. The van der Waals surface area contributed by atoms with Gasteiger partial charge in [-0.2, -0.15) is 0 Å². The summed E-state index contributed by atoms with van der Waals surface area (Å²) < 4.78 is 5.66. The van der Waals surface area contributed by atoms with Gasteiger partial charge in [-0.25, -0.2) is 4.99 Å². The maximum absolute atomic E-state index is 14.7. The number of aliphatic hydroxyl groups is 7. The quantitative estimate of drug-likeness (QED) is 0.0994. The number of aliphatic hydroxyl groups excluding tert-OH is 7. The van der Waals surface area contributed by atoms with Crippen molar-refractivity contribution in [2.75, 3.05) is 32.8 Å². The van der Waals surface area contributed by atoms with Gasteiger partial charge >= 0.3 is 0 Å². The van der Waals surface area contributed by atoms with Crippen LogP contribution < -0.4 is 48.7 Å². The lowest BCUT2D eigenvalue weighted by Gasteiger charge is -2.46. The van der Waals surface area contributed by atoms with E-state index in [0.29, 0.717) is 11.1 Å². The maximum Gasteiger partial charge on any atom is 0.246 e. The van der Waals surface area contributed by atoms with Gasteiger partial charge in [-0.15, -0.1) is 0 Å². The average Bonchev–Trinajstić information content (AvgIpc) is 3.96. The summed E-state index contributed by atoms with van der Waals surface area (Å²) in [5.41, 5.74) is 13.0. The second kappa shape index (κ2) is 22.6. The Morgan fingerprint density at radius 3 is 1.99 bits per heavy atom. The van der Waals surface area contributed by atoms with Crippen molar-refractivity contribution in [3.63, 3.8) is 0 Å². The molecule has 27 heteroatoms. The molecule has 69 heavy (non-hydrogen) atoms. The second-order valence-corrected chi connectivity index (χ2v) is 16.9. The van der Waals surface area contributed by atoms with Gasteiger partial charge in [0.2, 0.25) is 35.4 Å². The van der Waals surface area contributed by atoms with Crippen LogP contribution in [0.2, 0.25) is 0 Å². The SMILES string of the molecule is C[C@@H](c1ccccc1)[C@@H]1NC(=O)CNC(=O)[C@H](CO)NC(=O)[C@@H]([C@@H](O)[C@@H]2CN=C(N)N2[C@H]2O[C@H](CO)[C@@H](O)[C@H](O)[C@@H]2O)NC(=O)[C@H]([C@@H](O)[C@@H]2CNC(N)=N2)NC(=O)[C@@H](Cc2ccc(O)cc2)NC1=O. The molecule has 4 heterocycles. The van der Waals surface area contributed by atoms with Gasteiger partial charge in [0.15, 0.2) is 18.1 Å². The van der Waals surface area contributed by atoms with Crippen molar-refractivity contribution in [3.8, 4) is 5.75 Å². The zero-order valence-electron chi connectivity index (χ0n) is 37.0. The van der Waals surface area contributed by atoms with Crippen LogP contribution in [0.25, 0.3) is 0 Å². The number of ether oxygens (including phenoxy) is 1. The number of carbonyl (C=O) groups is 6. The van der Waals surface area contributed by atoms with E-state index in [1.54, 1.807) is 37.3 Å². The van der Waals surface area contributed by atoms with Crippen LogP contribution >= 0.6 is 0 Å². The summed E-state index contributed by atoms with van der Waals surface area (Å²) in [5.74, 6) is -8.30. The molecule has 2 aromatic carbocycles. The smallest absolute Gasteiger partial charge is 0.246 e. The van der Waals surface area contributed by atoms with Crippen LogP contribution in [-0.2, 0) is 39.9 Å². The topological polar surface area (TPSA) is 438 Å². The van der Waals surface area contributed by atoms with E-state index in [1.165, 1.54) is 24.3 Å². The molecule has 0 unspecified atom stereocenters. The van der Waals surface area contributed by atoms with Gasteiger partial charge in [-0.05, 0) is 23.3 Å². The molecule has 19 N–H and O–H groups in total. The molecular formula is C42H58N12O15. The number of carbonyl (C=O) groups excluding carboxylic acids is 6. The highest BCUT2D eigenvalue weighted by Gasteiger charge is 2.52. The number of rotatable bonds is 11. The molecule has 0 aromatic heterocycles. The molecule has 0 bridgehead atoms. The second-order valence-electron chi connectivity index (χ2n) is 16.9. The molecule has 27 nitrogen and oxygen atoms in total. The number of nitrogens with one attached hydrogen (secondary N) is 7. The van der Waals surface area contributed by atoms with Crippen molar-refractivity contribution in [1.82, 2.24) is 42.1 Å². The van der Waals surface area contributed by atoms with Crippen LogP contribution in [0, 0.1) is 0 Å². The predicted molar refractivity (Wildman–Crippen MR) is 238 cm³/mol. The van der Waals surface area contributed by atoms with Gasteiger partial charge in [-0.1, -0.05) is 49.4 Å². The normalized spacial score (nSPS) is 32.3. The monoisotopic (exact) mass is 970 g/mol. The number of hydrogen-bond acceptors (Lipinski definition) is 21. The standard InChI is InChI=1S/C42H58N12O15/c1-17(19-5-3-2-4-6-19)27-37(66)48-21(11-18-7-9-20(57)10-8-18)36(65)52-28(30(59)22-12-46-41(43)50-22)39(68)53-29(38(67)49-23(15-55)35(64)45-14-26(58)51-27)31(60)24-13-47-42(44)54(24)40-34(63)33(62)32(61)25(16-56)69-40/h2-10,17,21-25,27-34,40,55-57,59-63H,11-16H2,1H3,(H2,44,47)(H,45,64)(H,48,66)(H,49,67)(H,51,58)(H,52,65)(H,53,68)(H3,43,46,50)/t17-,21+,22-,23-,24-,25+,27-,28-,29+,30-,31-,32+,33-,34-,40-/m0/s1. The van der Waals surface area contributed by atoms with Crippen LogP contribution in [0.3, 0.4) is 0 Å². The molecule has 6 rings (SSSR count). The lowest BCUT2D eigenvalue weighted by atomic mass is 9.92. The van der Waals surface area contributed by atoms with E-state index in [-0.39, 0.29) is 24.7 Å². The first kappa shape index (κ1) is 51.7. The van der Waals surface area contributed by atoms with Crippen molar-refractivity contribution in [3.05, 3.63) is 65.7 Å². The van der Waals surface area contributed by atoms with Crippen LogP contribution in [0.4, 0.5) is 0 Å². The summed E-state index contributed by atoms with van der Waals surface area (Å²) in [7, 11) is 0. The number of phenolic OH excluding ortho intramolecular Hbond substituents is 1. The molecule has 0 spiro atoms. The number of nitrogens with zero attached hydrogens (tertiary/aromatic N) is 3. The molecule has 4 aliphatic heterocycles. The lowest BCUT2D eigenvalue weighted by Crippen LogP contribution is -2.70. The number of guanidine groups is 2. The highest BCUT2D eigenvalue weighted by molar-refractivity contribution is 5.98. The third-order valence-corrected chi connectivity index (χ3v) is 12.3. The molecule has 2 saturated heterocycles. The predicted octanol–water partition coefficient (Wildman–Crippen LogP) is -8.91. The summed E-state index contributed by atoms with van der Waals surface area (Å²) in [6.07, 6.45) is -13.5. The first-order valence-electron chi connectivity index (χ1n) is 21.9. The number of phenols is 1. The van der Waals surface area contributed by atoms with Crippen LogP contribution in [-0.4, -0.2) is 211 Å². The molecular weight excluding hydrogens is 913 g/mol. The van der Waals surface area contributed by atoms with Crippen molar-refractivity contribution in [1.29, 1.82) is 0 Å². The minimum atomic E-state index is -2.25. The minimum Gasteiger partial charge on any atom is -0.508 e. The Hall–Kier alpha value is -6.72. The summed E-state index contributed by atoms with van der Waals surface area (Å²) in [5, 5.41) is 103. The Morgan fingerprint density at radius 2 is 1.35 bits per heavy atom. The Kier molecular flexibility index (Phi) is 16.9. The molecule has 2 fully saturated rings. The van der Waals surface area contributed by atoms with Crippen molar-refractivity contribution in [2.45, 2.75) is 104 Å². The summed E-state index contributed by atoms with van der Waals surface area (Å²) in [6.45, 7) is -1.82. The fourth-order valence-corrected chi connectivity index (χ4v) is 8.34. The Morgan fingerprint density at radius 1 is 0.725 bits per heavy atom. The number of benzene rings is 2. The maximum atomic E-state index is 14.7. The van der Waals surface area contributed by atoms with E-state index in [1.807, 2.05) is 0 Å². The molecule has 15 atom stereocenters. The molecule has 4 aliphatic rings. The highest BCUT2D eigenvalue weighted by Crippen LogP contribution is 2.29. The highest BCUT2D eigenvalue weighted by atomic mass is 16.6. The summed E-state index contributed by atoms with van der Waals surface area (Å²) in [4.78, 5) is 94.2. The number of hydrogen-bond donors (Lipinski definition) is 17. The fourth-order valence-electron chi connectivity index (χ4n) is 8.34. The molecule has 0 saturated carbocycles. The van der Waals surface area contributed by atoms with Gasteiger partial charge < -0.3 is 99.2 Å². The summed E-state index contributed by atoms with van der Waals surface area (Å²) in [6, 6.07) is 1.96. The molecule has 0 radical (unpaired) electrons.